The normalized spacial score (nSPS) is 11.5. The number of rotatable bonds is 6. The van der Waals surface area contributed by atoms with E-state index in [9.17, 15) is 0 Å². The second-order valence-electron chi connectivity index (χ2n) is 3.52. The van der Waals surface area contributed by atoms with E-state index >= 15 is 0 Å². The molecule has 0 bridgehead atoms. The monoisotopic (exact) mass is 159 g/mol. The Labute approximate surface area is 69.2 Å². The summed E-state index contributed by atoms with van der Waals surface area (Å²) >= 11 is 0. The summed E-state index contributed by atoms with van der Waals surface area (Å²) in [4.78, 5) is 5.11. The van der Waals surface area contributed by atoms with Gasteiger partial charge in [0.05, 0.1) is 27.7 Å². The number of quaternary nitrogens is 1. The molecule has 0 aliphatic heterocycles. The number of hydroxylamine groups is 1. The first-order valence-electron chi connectivity index (χ1n) is 3.82. The number of nitrogens with one attached hydrogen (secondary N) is 1. The third-order valence-electron chi connectivity index (χ3n) is 1.06. The van der Waals surface area contributed by atoms with Crippen LogP contribution in [-0.4, -0.2) is 38.9 Å². The SMILES string of the molecule is C=CCCONC[N+](C)(C)C. The smallest absolute Gasteiger partial charge is 0.154 e. The van der Waals surface area contributed by atoms with Crippen molar-refractivity contribution < 1.29 is 9.32 Å². The second kappa shape index (κ2) is 5.29. The molecular weight excluding hydrogens is 140 g/mol. The quantitative estimate of drug-likeness (QED) is 0.203. The van der Waals surface area contributed by atoms with Gasteiger partial charge >= 0.3 is 0 Å². The van der Waals surface area contributed by atoms with Crippen molar-refractivity contribution in [2.45, 2.75) is 6.42 Å². The average Bonchev–Trinajstić information content (AvgIpc) is 1.85. The lowest BCUT2D eigenvalue weighted by Gasteiger charge is -2.23. The molecule has 0 atom stereocenters. The van der Waals surface area contributed by atoms with Gasteiger partial charge in [-0.05, 0) is 6.42 Å². The molecule has 0 aromatic carbocycles. The number of hydrogen-bond donors (Lipinski definition) is 1. The van der Waals surface area contributed by atoms with Crippen molar-refractivity contribution in [1.82, 2.24) is 5.48 Å². The maximum atomic E-state index is 5.11. The Morgan fingerprint density at radius 1 is 1.45 bits per heavy atom. The lowest BCUT2D eigenvalue weighted by atomic mass is 10.5. The Morgan fingerprint density at radius 2 is 2.09 bits per heavy atom. The highest BCUT2D eigenvalue weighted by molar-refractivity contribution is 4.64. The first-order valence-corrected chi connectivity index (χ1v) is 3.82. The van der Waals surface area contributed by atoms with Crippen LogP contribution >= 0.6 is 0 Å². The van der Waals surface area contributed by atoms with Crippen molar-refractivity contribution in [2.24, 2.45) is 0 Å². The van der Waals surface area contributed by atoms with Gasteiger partial charge in [-0.2, -0.15) is 5.48 Å². The molecule has 3 nitrogen and oxygen atoms in total. The Kier molecular flexibility index (Phi) is 5.11. The third kappa shape index (κ3) is 9.62. The Hall–Kier alpha value is -0.380. The lowest BCUT2D eigenvalue weighted by Crippen LogP contribution is -2.42. The van der Waals surface area contributed by atoms with Crippen LogP contribution in [0.1, 0.15) is 6.42 Å². The molecule has 1 N–H and O–H groups in total. The molecule has 0 saturated carbocycles. The highest BCUT2D eigenvalue weighted by Crippen LogP contribution is 1.85. The van der Waals surface area contributed by atoms with Crippen LogP contribution in [0, 0.1) is 0 Å². The highest BCUT2D eigenvalue weighted by Gasteiger charge is 2.03. The maximum Gasteiger partial charge on any atom is 0.154 e. The standard InChI is InChI=1S/C8H19N2O/c1-5-6-7-11-9-8-10(2,3)4/h5,9H,1,6-8H2,2-4H3/q+1. The fourth-order valence-electron chi connectivity index (χ4n) is 0.454. The van der Waals surface area contributed by atoms with Gasteiger partial charge in [0.15, 0.2) is 6.67 Å². The molecule has 11 heavy (non-hydrogen) atoms. The minimum absolute atomic E-state index is 0.698. The van der Waals surface area contributed by atoms with Crippen LogP contribution in [0.15, 0.2) is 12.7 Å². The molecule has 0 unspecified atom stereocenters. The predicted molar refractivity (Wildman–Crippen MR) is 46.8 cm³/mol. The Balaban J connectivity index is 3.08. The van der Waals surface area contributed by atoms with E-state index in [0.717, 1.165) is 17.6 Å². The molecule has 66 valence electrons. The van der Waals surface area contributed by atoms with Crippen molar-refractivity contribution in [3.63, 3.8) is 0 Å². The molecule has 0 saturated heterocycles. The van der Waals surface area contributed by atoms with E-state index in [2.05, 4.69) is 33.2 Å². The summed E-state index contributed by atoms with van der Waals surface area (Å²) in [5, 5.41) is 0. The van der Waals surface area contributed by atoms with Crippen LogP contribution in [0.3, 0.4) is 0 Å². The molecule has 0 radical (unpaired) electrons. The van der Waals surface area contributed by atoms with Crippen molar-refractivity contribution in [2.75, 3.05) is 34.4 Å². The summed E-state index contributed by atoms with van der Waals surface area (Å²) in [6, 6.07) is 0. The largest absolute Gasteiger partial charge is 0.317 e. The van der Waals surface area contributed by atoms with E-state index in [1.54, 1.807) is 0 Å². The molecule has 0 heterocycles. The third-order valence-corrected chi connectivity index (χ3v) is 1.06. The molecule has 0 aliphatic carbocycles. The molecular formula is C8H19N2O+. The van der Waals surface area contributed by atoms with Crippen molar-refractivity contribution in [1.29, 1.82) is 0 Å². The molecule has 0 spiro atoms. The first-order chi connectivity index (χ1) is 5.06. The van der Waals surface area contributed by atoms with Crippen LogP contribution < -0.4 is 5.48 Å². The van der Waals surface area contributed by atoms with Crippen LogP contribution in [0.5, 0.6) is 0 Å². The average molecular weight is 159 g/mol. The number of hydrogen-bond acceptors (Lipinski definition) is 2. The molecule has 0 aromatic heterocycles. The summed E-state index contributed by atoms with van der Waals surface area (Å²) < 4.78 is 0.855. The summed E-state index contributed by atoms with van der Waals surface area (Å²) in [6.07, 6.45) is 2.73. The van der Waals surface area contributed by atoms with Gasteiger partial charge in [-0.1, -0.05) is 6.08 Å². The molecule has 0 aromatic rings. The Bertz CT molecular complexity index is 107. The second-order valence-corrected chi connectivity index (χ2v) is 3.52. The molecule has 0 rings (SSSR count). The van der Waals surface area contributed by atoms with Gasteiger partial charge in [0.2, 0.25) is 0 Å². The highest BCUT2D eigenvalue weighted by atomic mass is 16.6. The first kappa shape index (κ1) is 10.6. The van der Waals surface area contributed by atoms with Gasteiger partial charge in [0.25, 0.3) is 0 Å². The van der Waals surface area contributed by atoms with Gasteiger partial charge in [-0.25, -0.2) is 0 Å². The van der Waals surface area contributed by atoms with Crippen LogP contribution in [0.4, 0.5) is 0 Å². The maximum absolute atomic E-state index is 5.11. The van der Waals surface area contributed by atoms with Crippen molar-refractivity contribution in [3.05, 3.63) is 12.7 Å². The zero-order chi connectivity index (χ0) is 8.74. The van der Waals surface area contributed by atoms with E-state index in [4.69, 9.17) is 4.84 Å². The minimum atomic E-state index is 0.698. The lowest BCUT2D eigenvalue weighted by molar-refractivity contribution is -0.876. The van der Waals surface area contributed by atoms with Crippen LogP contribution in [0.2, 0.25) is 0 Å². The summed E-state index contributed by atoms with van der Waals surface area (Å²) in [7, 11) is 6.30. The van der Waals surface area contributed by atoms with Gasteiger partial charge in [0, 0.05) is 0 Å². The fourth-order valence-corrected chi connectivity index (χ4v) is 0.454. The van der Waals surface area contributed by atoms with Crippen molar-refractivity contribution in [3.8, 4) is 0 Å². The molecule has 3 heteroatoms. The molecule has 0 amide bonds. The minimum Gasteiger partial charge on any atom is -0.317 e. The van der Waals surface area contributed by atoms with Crippen molar-refractivity contribution >= 4 is 0 Å². The summed E-state index contributed by atoms with van der Waals surface area (Å²) in [5.74, 6) is 0. The molecule has 0 fully saturated rings. The van der Waals surface area contributed by atoms with Crippen LogP contribution in [-0.2, 0) is 4.84 Å². The van der Waals surface area contributed by atoms with Crippen LogP contribution in [0.25, 0.3) is 0 Å². The van der Waals surface area contributed by atoms with Gasteiger partial charge < -0.3 is 4.48 Å². The summed E-state index contributed by atoms with van der Waals surface area (Å²) in [6.45, 7) is 5.11. The van der Waals surface area contributed by atoms with E-state index in [1.807, 2.05) is 6.08 Å². The predicted octanol–water partition coefficient (Wildman–Crippen LogP) is 0.747. The zero-order valence-electron chi connectivity index (χ0n) is 7.76. The molecule has 0 aliphatic rings. The number of nitrogens with zero attached hydrogens (tertiary/aromatic N) is 1. The van der Waals surface area contributed by atoms with Gasteiger partial charge in [-0.15, -0.1) is 6.58 Å². The van der Waals surface area contributed by atoms with E-state index < -0.39 is 0 Å². The van der Waals surface area contributed by atoms with Gasteiger partial charge in [-0.3, -0.25) is 4.84 Å². The van der Waals surface area contributed by atoms with Gasteiger partial charge in [0.1, 0.15) is 0 Å². The zero-order valence-corrected chi connectivity index (χ0v) is 7.76. The Morgan fingerprint density at radius 3 is 2.55 bits per heavy atom. The van der Waals surface area contributed by atoms with E-state index in [1.165, 1.54) is 0 Å². The van der Waals surface area contributed by atoms with E-state index in [-0.39, 0.29) is 0 Å². The topological polar surface area (TPSA) is 21.3 Å². The summed E-state index contributed by atoms with van der Waals surface area (Å²) in [5.41, 5.74) is 2.88. The fraction of sp³-hybridized carbons (Fsp3) is 0.750. The van der Waals surface area contributed by atoms with E-state index in [0.29, 0.717) is 6.61 Å².